The molecule has 0 fully saturated rings. The van der Waals surface area contributed by atoms with Crippen molar-refractivity contribution in [1.29, 1.82) is 0 Å². The summed E-state index contributed by atoms with van der Waals surface area (Å²) in [5.74, 6) is 1.23. The topological polar surface area (TPSA) is 61.4 Å². The van der Waals surface area contributed by atoms with Gasteiger partial charge in [0.15, 0.2) is 0 Å². The largest absolute Gasteiger partial charge is 0.278 e. The first kappa shape index (κ1) is 31.8. The van der Waals surface area contributed by atoms with E-state index in [4.69, 9.17) is 19.9 Å². The van der Waals surface area contributed by atoms with Gasteiger partial charge in [0, 0.05) is 43.8 Å². The number of hydrogen-bond acceptors (Lipinski definition) is 4. The average Bonchev–Trinajstić information content (AvgIpc) is 3.78. The predicted octanol–water partition coefficient (Wildman–Crippen LogP) is 12.1. The van der Waals surface area contributed by atoms with Crippen molar-refractivity contribution in [2.75, 3.05) is 0 Å². The number of benzene rings is 7. The molecule has 4 heterocycles. The second-order valence-corrected chi connectivity index (χ2v) is 13.9. The Balaban J connectivity index is 1.21. The molecular weight excluding hydrogens is 685 g/mol. The highest BCUT2D eigenvalue weighted by Crippen LogP contribution is 2.40. The van der Waals surface area contributed by atoms with Crippen molar-refractivity contribution in [3.8, 4) is 56.9 Å². The molecule has 0 atom stereocenters. The molecule has 0 unspecified atom stereocenters. The normalized spacial score (nSPS) is 11.6. The fourth-order valence-electron chi connectivity index (χ4n) is 7.96. The van der Waals surface area contributed by atoms with Gasteiger partial charge in [-0.25, -0.2) is 19.9 Å². The number of aromatic nitrogens is 6. The maximum absolute atomic E-state index is 5.27. The Morgan fingerprint density at radius 1 is 0.250 bits per heavy atom. The monoisotopic (exact) mass is 716 g/mol. The third kappa shape index (κ3) is 5.27. The first-order chi connectivity index (χ1) is 27.8. The van der Waals surface area contributed by atoms with Gasteiger partial charge in [0.1, 0.15) is 0 Å². The summed E-state index contributed by atoms with van der Waals surface area (Å²) in [5.41, 5.74) is 11.7. The zero-order valence-corrected chi connectivity index (χ0v) is 30.2. The lowest BCUT2D eigenvalue weighted by atomic mass is 10.1. The third-order valence-electron chi connectivity index (χ3n) is 10.6. The average molecular weight is 717 g/mol. The van der Waals surface area contributed by atoms with E-state index >= 15 is 0 Å². The highest BCUT2D eigenvalue weighted by molar-refractivity contribution is 6.18. The Labute approximate surface area is 322 Å². The molecule has 11 aromatic rings. The lowest BCUT2D eigenvalue weighted by Gasteiger charge is -2.12. The van der Waals surface area contributed by atoms with Gasteiger partial charge in [-0.3, -0.25) is 9.13 Å². The van der Waals surface area contributed by atoms with E-state index < -0.39 is 0 Å². The molecule has 0 spiro atoms. The van der Waals surface area contributed by atoms with Crippen molar-refractivity contribution in [2.24, 2.45) is 0 Å². The first-order valence-electron chi connectivity index (χ1n) is 18.7. The van der Waals surface area contributed by atoms with Crippen molar-refractivity contribution in [3.63, 3.8) is 0 Å². The summed E-state index contributed by atoms with van der Waals surface area (Å²) in [6.45, 7) is 0. The van der Waals surface area contributed by atoms with E-state index in [-0.39, 0.29) is 0 Å². The fourth-order valence-corrected chi connectivity index (χ4v) is 7.96. The summed E-state index contributed by atoms with van der Waals surface area (Å²) < 4.78 is 4.43. The van der Waals surface area contributed by atoms with Gasteiger partial charge in [0.25, 0.3) is 0 Å². The summed E-state index contributed by atoms with van der Waals surface area (Å²) in [4.78, 5) is 21.1. The Morgan fingerprint density at radius 3 is 0.857 bits per heavy atom. The maximum atomic E-state index is 5.27. The Kier molecular flexibility index (Phi) is 7.38. The summed E-state index contributed by atoms with van der Waals surface area (Å²) >= 11 is 0. The Morgan fingerprint density at radius 2 is 0.536 bits per heavy atom. The van der Waals surface area contributed by atoms with Crippen LogP contribution in [0.15, 0.2) is 194 Å². The minimum Gasteiger partial charge on any atom is -0.278 e. The minimum atomic E-state index is 0.617. The second-order valence-electron chi connectivity index (χ2n) is 13.9. The molecule has 0 amide bonds. The molecule has 4 aromatic heterocycles. The van der Waals surface area contributed by atoms with Crippen LogP contribution in [-0.2, 0) is 0 Å². The van der Waals surface area contributed by atoms with Crippen molar-refractivity contribution in [3.05, 3.63) is 194 Å². The molecule has 7 aromatic carbocycles. The summed E-state index contributed by atoms with van der Waals surface area (Å²) in [6, 6.07) is 67.1. The van der Waals surface area contributed by atoms with E-state index in [0.29, 0.717) is 11.9 Å². The standard InChI is InChI=1S/C50H32N6/c1-5-17-33(18-6-1)41-31-42(34-19-7-2-8-20-34)52-49(51-41)55-45-27-15-13-25-37(45)39-30-48-40(29-47(39)55)38-26-14-16-28-46(38)56(48)50-53-43(35-21-9-3-10-22-35)32-44(54-50)36-23-11-4-12-24-36/h1-32H. The van der Waals surface area contributed by atoms with Gasteiger partial charge in [-0.05, 0) is 36.4 Å². The summed E-state index contributed by atoms with van der Waals surface area (Å²) in [7, 11) is 0. The summed E-state index contributed by atoms with van der Waals surface area (Å²) in [5, 5.41) is 4.41. The van der Waals surface area contributed by atoms with E-state index in [1.165, 1.54) is 0 Å². The van der Waals surface area contributed by atoms with Gasteiger partial charge in [-0.15, -0.1) is 0 Å². The molecular formula is C50H32N6. The Hall–Kier alpha value is -7.70. The Bertz CT molecular complexity index is 2890. The van der Waals surface area contributed by atoms with Gasteiger partial charge < -0.3 is 0 Å². The van der Waals surface area contributed by atoms with Crippen LogP contribution in [0.25, 0.3) is 101 Å². The molecule has 262 valence electrons. The number of rotatable bonds is 6. The molecule has 0 aliphatic carbocycles. The van der Waals surface area contributed by atoms with Gasteiger partial charge in [-0.2, -0.15) is 0 Å². The molecule has 0 saturated carbocycles. The zero-order valence-electron chi connectivity index (χ0n) is 30.2. The van der Waals surface area contributed by atoms with Crippen molar-refractivity contribution >= 4 is 43.6 Å². The van der Waals surface area contributed by atoms with E-state index in [1.807, 2.05) is 72.8 Å². The highest BCUT2D eigenvalue weighted by atomic mass is 15.2. The molecule has 6 heteroatoms. The second kappa shape index (κ2) is 13.0. The molecule has 0 N–H and O–H groups in total. The number of fused-ring (bicyclic) bond motifs is 6. The van der Waals surface area contributed by atoms with E-state index in [9.17, 15) is 0 Å². The van der Waals surface area contributed by atoms with Crippen LogP contribution >= 0.6 is 0 Å². The number of para-hydroxylation sites is 2. The molecule has 0 aliphatic rings. The number of hydrogen-bond donors (Lipinski definition) is 0. The zero-order chi connectivity index (χ0) is 37.0. The summed E-state index contributed by atoms with van der Waals surface area (Å²) in [6.07, 6.45) is 0. The minimum absolute atomic E-state index is 0.617. The predicted molar refractivity (Wildman–Crippen MR) is 228 cm³/mol. The van der Waals surface area contributed by atoms with Gasteiger partial charge in [0.05, 0.1) is 44.8 Å². The molecule has 0 radical (unpaired) electrons. The third-order valence-corrected chi connectivity index (χ3v) is 10.6. The van der Waals surface area contributed by atoms with Crippen LogP contribution in [0.2, 0.25) is 0 Å². The van der Waals surface area contributed by atoms with E-state index in [2.05, 4.69) is 130 Å². The van der Waals surface area contributed by atoms with Crippen LogP contribution in [-0.4, -0.2) is 29.1 Å². The van der Waals surface area contributed by atoms with Gasteiger partial charge in [0.2, 0.25) is 11.9 Å². The highest BCUT2D eigenvalue weighted by Gasteiger charge is 2.22. The molecule has 11 rings (SSSR count). The quantitative estimate of drug-likeness (QED) is 0.172. The van der Waals surface area contributed by atoms with Gasteiger partial charge >= 0.3 is 0 Å². The van der Waals surface area contributed by atoms with Crippen molar-refractivity contribution in [1.82, 2.24) is 29.1 Å². The van der Waals surface area contributed by atoms with Gasteiger partial charge in [-0.1, -0.05) is 158 Å². The SMILES string of the molecule is c1ccc(-c2cc(-c3ccccc3)nc(-n3c4ccccc4c4cc5c(cc43)c3ccccc3n5-c3nc(-c4ccccc4)cc(-c4ccccc4)n3)n2)cc1. The molecule has 0 bridgehead atoms. The van der Waals surface area contributed by atoms with Crippen LogP contribution in [0.1, 0.15) is 0 Å². The van der Waals surface area contributed by atoms with Crippen LogP contribution in [0.3, 0.4) is 0 Å². The smallest absolute Gasteiger partial charge is 0.235 e. The number of nitrogens with zero attached hydrogens (tertiary/aromatic N) is 6. The molecule has 56 heavy (non-hydrogen) atoms. The van der Waals surface area contributed by atoms with Crippen LogP contribution < -0.4 is 0 Å². The molecule has 0 aliphatic heterocycles. The van der Waals surface area contributed by atoms with Crippen molar-refractivity contribution in [2.45, 2.75) is 0 Å². The lowest BCUT2D eigenvalue weighted by Crippen LogP contribution is -2.04. The molecule has 6 nitrogen and oxygen atoms in total. The first-order valence-corrected chi connectivity index (χ1v) is 18.7. The van der Waals surface area contributed by atoms with E-state index in [1.54, 1.807) is 0 Å². The van der Waals surface area contributed by atoms with Crippen LogP contribution in [0.4, 0.5) is 0 Å². The van der Waals surface area contributed by atoms with Crippen LogP contribution in [0, 0.1) is 0 Å². The van der Waals surface area contributed by atoms with E-state index in [0.717, 1.165) is 88.6 Å². The molecule has 0 saturated heterocycles. The van der Waals surface area contributed by atoms with Crippen molar-refractivity contribution < 1.29 is 0 Å². The lowest BCUT2D eigenvalue weighted by molar-refractivity contribution is 0.992. The maximum Gasteiger partial charge on any atom is 0.235 e. The van der Waals surface area contributed by atoms with Crippen LogP contribution in [0.5, 0.6) is 0 Å². The fraction of sp³-hybridized carbons (Fsp3) is 0.